The molecule has 1 heterocycles. The summed E-state index contributed by atoms with van der Waals surface area (Å²) >= 11 is 3.53. The van der Waals surface area contributed by atoms with Crippen molar-refractivity contribution >= 4 is 32.5 Å². The molecule has 1 N–H and O–H groups in total. The van der Waals surface area contributed by atoms with E-state index >= 15 is 0 Å². The summed E-state index contributed by atoms with van der Waals surface area (Å²) in [5.41, 5.74) is 0. The molecule has 2 nitrogen and oxygen atoms in total. The largest absolute Gasteiger partial charge is 0.370 e. The molecule has 2 aromatic rings. The highest BCUT2D eigenvalue weighted by Gasteiger charge is 2.02. The van der Waals surface area contributed by atoms with E-state index in [-0.39, 0.29) is 0 Å². The summed E-state index contributed by atoms with van der Waals surface area (Å²) in [5.74, 6) is 0.950. The van der Waals surface area contributed by atoms with Gasteiger partial charge in [0.25, 0.3) is 0 Å². The molecule has 0 saturated carbocycles. The van der Waals surface area contributed by atoms with Crippen LogP contribution in [0.5, 0.6) is 0 Å². The number of hydrogen-bond acceptors (Lipinski definition) is 2. The summed E-state index contributed by atoms with van der Waals surface area (Å²) < 4.78 is 1.11. The summed E-state index contributed by atoms with van der Waals surface area (Å²) in [6.45, 7) is 2.96. The first-order valence-electron chi connectivity index (χ1n) is 4.60. The van der Waals surface area contributed by atoms with Crippen LogP contribution in [-0.4, -0.2) is 11.5 Å². The number of hydrogen-bond donors (Lipinski definition) is 1. The maximum atomic E-state index is 4.31. The molecule has 0 bridgehead atoms. The lowest BCUT2D eigenvalue weighted by Gasteiger charge is -2.07. The number of halogens is 1. The second-order valence-electron chi connectivity index (χ2n) is 3.02. The summed E-state index contributed by atoms with van der Waals surface area (Å²) in [5, 5.41) is 5.60. The Labute approximate surface area is 91.5 Å². The summed E-state index contributed by atoms with van der Waals surface area (Å²) in [4.78, 5) is 4.31. The topological polar surface area (TPSA) is 24.9 Å². The van der Waals surface area contributed by atoms with Crippen molar-refractivity contribution in [2.24, 2.45) is 0 Å². The Morgan fingerprint density at radius 2 is 2.14 bits per heavy atom. The average molecular weight is 251 g/mol. The van der Waals surface area contributed by atoms with Crippen LogP contribution in [0.4, 0.5) is 5.82 Å². The van der Waals surface area contributed by atoms with Crippen LogP contribution in [0.15, 0.2) is 34.9 Å². The van der Waals surface area contributed by atoms with E-state index in [4.69, 9.17) is 0 Å². The quantitative estimate of drug-likeness (QED) is 0.884. The molecule has 0 fully saturated rings. The van der Waals surface area contributed by atoms with Gasteiger partial charge >= 0.3 is 0 Å². The SMILES string of the molecule is CCNc1nccc2c(Br)cccc12. The zero-order valence-electron chi connectivity index (χ0n) is 7.92. The van der Waals surface area contributed by atoms with Gasteiger partial charge in [-0.25, -0.2) is 4.98 Å². The lowest BCUT2D eigenvalue weighted by Crippen LogP contribution is -1.99. The third-order valence-corrected chi connectivity index (χ3v) is 2.79. The standard InChI is InChI=1S/C11H11BrN2/c1-2-13-11-9-4-3-5-10(12)8(9)6-7-14-11/h3-7H,2H2,1H3,(H,13,14). The van der Waals surface area contributed by atoms with Crippen LogP contribution in [0.1, 0.15) is 6.92 Å². The summed E-state index contributed by atoms with van der Waals surface area (Å²) in [6, 6.07) is 8.15. The molecule has 0 spiro atoms. The number of anilines is 1. The van der Waals surface area contributed by atoms with Gasteiger partial charge in [-0.05, 0) is 19.1 Å². The van der Waals surface area contributed by atoms with Crippen molar-refractivity contribution in [2.75, 3.05) is 11.9 Å². The minimum absolute atomic E-state index is 0.888. The van der Waals surface area contributed by atoms with Gasteiger partial charge in [0.05, 0.1) is 0 Å². The van der Waals surface area contributed by atoms with Crippen molar-refractivity contribution in [1.82, 2.24) is 4.98 Å². The normalized spacial score (nSPS) is 10.4. The minimum atomic E-state index is 0.888. The average Bonchev–Trinajstić information content (AvgIpc) is 2.20. The third-order valence-electron chi connectivity index (χ3n) is 2.10. The van der Waals surface area contributed by atoms with E-state index in [9.17, 15) is 0 Å². The van der Waals surface area contributed by atoms with Gasteiger partial charge in [-0.1, -0.05) is 28.1 Å². The van der Waals surface area contributed by atoms with Gasteiger partial charge in [0.15, 0.2) is 0 Å². The molecule has 0 amide bonds. The van der Waals surface area contributed by atoms with E-state index in [1.807, 2.05) is 24.4 Å². The molecule has 1 aromatic carbocycles. The van der Waals surface area contributed by atoms with E-state index in [0.717, 1.165) is 22.2 Å². The molecule has 14 heavy (non-hydrogen) atoms. The van der Waals surface area contributed by atoms with E-state index in [1.165, 1.54) is 5.39 Å². The first kappa shape index (κ1) is 9.46. The van der Waals surface area contributed by atoms with Crippen LogP contribution in [0, 0.1) is 0 Å². The first-order chi connectivity index (χ1) is 6.83. The number of benzene rings is 1. The van der Waals surface area contributed by atoms with Gasteiger partial charge in [0.1, 0.15) is 5.82 Å². The number of fused-ring (bicyclic) bond motifs is 1. The van der Waals surface area contributed by atoms with Crippen molar-refractivity contribution in [1.29, 1.82) is 0 Å². The molecule has 72 valence electrons. The Morgan fingerprint density at radius 3 is 2.93 bits per heavy atom. The molecular weight excluding hydrogens is 240 g/mol. The summed E-state index contributed by atoms with van der Waals surface area (Å²) in [6.07, 6.45) is 1.82. The summed E-state index contributed by atoms with van der Waals surface area (Å²) in [7, 11) is 0. The predicted octanol–water partition coefficient (Wildman–Crippen LogP) is 3.43. The lowest BCUT2D eigenvalue weighted by atomic mass is 10.1. The van der Waals surface area contributed by atoms with Crippen LogP contribution in [0.3, 0.4) is 0 Å². The Morgan fingerprint density at radius 1 is 1.29 bits per heavy atom. The lowest BCUT2D eigenvalue weighted by molar-refractivity contribution is 1.17. The maximum absolute atomic E-state index is 4.31. The minimum Gasteiger partial charge on any atom is -0.370 e. The zero-order valence-corrected chi connectivity index (χ0v) is 9.51. The molecule has 0 unspecified atom stereocenters. The molecule has 0 aliphatic rings. The van der Waals surface area contributed by atoms with Crippen LogP contribution in [0.2, 0.25) is 0 Å². The highest BCUT2D eigenvalue weighted by Crippen LogP contribution is 2.27. The fraction of sp³-hybridized carbons (Fsp3) is 0.182. The van der Waals surface area contributed by atoms with Gasteiger partial charge in [-0.2, -0.15) is 0 Å². The number of pyridine rings is 1. The zero-order chi connectivity index (χ0) is 9.97. The molecule has 0 saturated heterocycles. The third kappa shape index (κ3) is 1.60. The van der Waals surface area contributed by atoms with Crippen molar-refractivity contribution in [3.8, 4) is 0 Å². The van der Waals surface area contributed by atoms with Crippen LogP contribution in [-0.2, 0) is 0 Å². The van der Waals surface area contributed by atoms with Gasteiger partial charge in [0, 0.05) is 28.0 Å². The fourth-order valence-electron chi connectivity index (χ4n) is 1.48. The van der Waals surface area contributed by atoms with Gasteiger partial charge in [0.2, 0.25) is 0 Å². The number of nitrogens with zero attached hydrogens (tertiary/aromatic N) is 1. The Hall–Kier alpha value is -1.09. The Bertz CT molecular complexity index is 454. The van der Waals surface area contributed by atoms with Gasteiger partial charge in [-0.3, -0.25) is 0 Å². The highest BCUT2D eigenvalue weighted by molar-refractivity contribution is 9.10. The molecule has 0 aliphatic carbocycles. The van der Waals surface area contributed by atoms with Gasteiger partial charge in [-0.15, -0.1) is 0 Å². The number of aromatic nitrogens is 1. The predicted molar refractivity (Wildman–Crippen MR) is 63.6 cm³/mol. The van der Waals surface area contributed by atoms with Crippen molar-refractivity contribution in [2.45, 2.75) is 6.92 Å². The second-order valence-corrected chi connectivity index (χ2v) is 3.88. The molecule has 2 rings (SSSR count). The number of rotatable bonds is 2. The molecule has 0 atom stereocenters. The molecular formula is C11H11BrN2. The van der Waals surface area contributed by atoms with E-state index in [0.29, 0.717) is 0 Å². The Kier molecular flexibility index (Phi) is 2.68. The Balaban J connectivity index is 2.68. The van der Waals surface area contributed by atoms with Crippen LogP contribution >= 0.6 is 15.9 Å². The fourth-order valence-corrected chi connectivity index (χ4v) is 1.98. The highest BCUT2D eigenvalue weighted by atomic mass is 79.9. The van der Waals surface area contributed by atoms with Crippen molar-refractivity contribution in [3.05, 3.63) is 34.9 Å². The van der Waals surface area contributed by atoms with Crippen molar-refractivity contribution < 1.29 is 0 Å². The van der Waals surface area contributed by atoms with Crippen LogP contribution in [0.25, 0.3) is 10.8 Å². The van der Waals surface area contributed by atoms with Gasteiger partial charge < -0.3 is 5.32 Å². The van der Waals surface area contributed by atoms with Crippen molar-refractivity contribution in [3.63, 3.8) is 0 Å². The van der Waals surface area contributed by atoms with E-state index in [1.54, 1.807) is 0 Å². The molecule has 1 aromatic heterocycles. The molecule has 0 aliphatic heterocycles. The first-order valence-corrected chi connectivity index (χ1v) is 5.39. The maximum Gasteiger partial charge on any atom is 0.133 e. The monoisotopic (exact) mass is 250 g/mol. The smallest absolute Gasteiger partial charge is 0.133 e. The van der Waals surface area contributed by atoms with E-state index in [2.05, 4.69) is 39.2 Å². The molecule has 0 radical (unpaired) electrons. The van der Waals surface area contributed by atoms with E-state index < -0.39 is 0 Å². The second kappa shape index (κ2) is 3.96. The molecule has 3 heteroatoms. The van der Waals surface area contributed by atoms with Crippen LogP contribution < -0.4 is 5.32 Å². The number of nitrogens with one attached hydrogen (secondary N) is 1.